The second kappa shape index (κ2) is 1.89. The van der Waals surface area contributed by atoms with Crippen molar-refractivity contribution in [3.05, 3.63) is 0 Å². The van der Waals surface area contributed by atoms with Crippen molar-refractivity contribution in [2.75, 3.05) is 0 Å². The van der Waals surface area contributed by atoms with E-state index >= 15 is 0 Å². The van der Waals surface area contributed by atoms with E-state index < -0.39 is 15.5 Å². The smallest absolute Gasteiger partial charge is 0.328 e. The summed E-state index contributed by atoms with van der Waals surface area (Å²) in [5, 5.41) is 4.16. The number of aliphatic hydroxyl groups is 1. The Morgan fingerprint density at radius 1 is 1.22 bits per heavy atom. The summed E-state index contributed by atoms with van der Waals surface area (Å²) >= 11 is 0. The second-order valence-corrected chi connectivity index (χ2v) is 2.67. The summed E-state index contributed by atoms with van der Waals surface area (Å²) in [4.78, 5) is 1.74. The molecule has 0 amide bonds. The molecule has 0 aliphatic heterocycles. The first kappa shape index (κ1) is 8.79. The standard InChI is InChI=1S/CHF5O2S/c2-8-1(7)9(3,4,5)6/h7H. The lowest BCUT2D eigenvalue weighted by Gasteiger charge is -2.09. The number of hydrogen-bond donors (Lipinski definition) is 1. The Bertz CT molecular complexity index is 156. The monoisotopic (exact) mass is 172 g/mol. The average molecular weight is 172 g/mol. The van der Waals surface area contributed by atoms with Crippen molar-refractivity contribution >= 4 is 15.5 Å². The van der Waals surface area contributed by atoms with Crippen molar-refractivity contribution in [1.29, 1.82) is 0 Å². The summed E-state index contributed by atoms with van der Waals surface area (Å²) in [6.07, 6.45) is 0. The molecule has 0 radical (unpaired) electrons. The molecule has 0 spiro atoms. The third kappa shape index (κ3) is 2.72. The zero-order valence-corrected chi connectivity index (χ0v) is 4.47. The maximum Gasteiger partial charge on any atom is 0.340 e. The lowest BCUT2D eigenvalue weighted by Crippen LogP contribution is -2.01. The van der Waals surface area contributed by atoms with Crippen LogP contribution in [0.4, 0.5) is 20.1 Å². The van der Waals surface area contributed by atoms with Crippen LogP contribution in [-0.2, 0) is 4.94 Å². The highest BCUT2D eigenvalue weighted by Crippen LogP contribution is 2.67. The molecule has 1 N–H and O–H groups in total. The van der Waals surface area contributed by atoms with Crippen LogP contribution < -0.4 is 0 Å². The van der Waals surface area contributed by atoms with Crippen LogP contribution in [0.25, 0.3) is 0 Å². The van der Waals surface area contributed by atoms with E-state index in [1.54, 1.807) is 4.94 Å². The van der Waals surface area contributed by atoms with Crippen LogP contribution in [-0.4, -0.2) is 10.3 Å². The van der Waals surface area contributed by atoms with Crippen LogP contribution in [0.3, 0.4) is 0 Å². The third-order valence-corrected chi connectivity index (χ3v) is 0.921. The lowest BCUT2D eigenvalue weighted by molar-refractivity contribution is -0.0456. The predicted octanol–water partition coefficient (Wildman–Crippen LogP) is 2.41. The predicted molar refractivity (Wildman–Crippen MR) is 21.9 cm³/mol. The summed E-state index contributed by atoms with van der Waals surface area (Å²) < 4.78 is 54.1. The summed E-state index contributed by atoms with van der Waals surface area (Å²) in [7, 11) is -8.11. The fourth-order valence-electron chi connectivity index (χ4n) is 0.0476. The van der Waals surface area contributed by atoms with Crippen molar-refractivity contribution < 1.29 is 30.1 Å². The van der Waals surface area contributed by atoms with Gasteiger partial charge in [0.25, 0.3) is 0 Å². The van der Waals surface area contributed by atoms with Gasteiger partial charge in [0, 0.05) is 0 Å². The topological polar surface area (TPSA) is 29.5 Å². The molecule has 0 aliphatic rings. The molecule has 0 rings (SSSR count). The first-order valence-electron chi connectivity index (χ1n) is 1.40. The van der Waals surface area contributed by atoms with Crippen LogP contribution >= 0.6 is 10.3 Å². The average Bonchev–Trinajstić information content (AvgIpc) is 1.60. The van der Waals surface area contributed by atoms with Gasteiger partial charge in [0.15, 0.2) is 0 Å². The van der Waals surface area contributed by atoms with Crippen LogP contribution in [0.1, 0.15) is 0 Å². The Morgan fingerprint density at radius 2 is 1.56 bits per heavy atom. The molecule has 0 atom stereocenters. The first-order valence-corrected chi connectivity index (χ1v) is 3.05. The molecule has 0 unspecified atom stereocenters. The van der Waals surface area contributed by atoms with E-state index in [1.165, 1.54) is 0 Å². The number of aliphatic hydroxyl groups excluding tert-OH is 1. The molecule has 0 fully saturated rings. The van der Waals surface area contributed by atoms with Crippen molar-refractivity contribution in [1.82, 2.24) is 0 Å². The first-order chi connectivity index (χ1) is 3.74. The number of hydrogen-bond acceptors (Lipinski definition) is 1. The van der Waals surface area contributed by atoms with Crippen LogP contribution in [0.15, 0.2) is 0 Å². The fourth-order valence-corrected chi connectivity index (χ4v) is 0.143. The summed E-state index contributed by atoms with van der Waals surface area (Å²) in [5.74, 6) is 0. The lowest BCUT2D eigenvalue weighted by atomic mass is 11.5. The zero-order valence-electron chi connectivity index (χ0n) is 3.65. The Hall–Kier alpha value is -0.210. The van der Waals surface area contributed by atoms with Crippen LogP contribution in [0.2, 0.25) is 0 Å². The second-order valence-electron chi connectivity index (χ2n) is 1.00. The Labute approximate surface area is 46.8 Å². The molecule has 0 saturated carbocycles. The molecule has 2 nitrogen and oxygen atoms in total. The van der Waals surface area contributed by atoms with Gasteiger partial charge in [-0.3, -0.25) is 0 Å². The number of halogens is 5. The fraction of sp³-hybridized carbons (Fsp3) is 0. The van der Waals surface area contributed by atoms with Gasteiger partial charge in [-0.15, -0.1) is 20.5 Å². The number of rotatable bonds is 0. The maximum absolute atomic E-state index is 10.9. The highest BCUT2D eigenvalue weighted by Gasteiger charge is 2.37. The Morgan fingerprint density at radius 3 is 1.56 bits per heavy atom. The molecule has 58 valence electrons. The summed E-state index contributed by atoms with van der Waals surface area (Å²) in [5.41, 5.74) is 0. The van der Waals surface area contributed by atoms with E-state index in [9.17, 15) is 20.1 Å². The third-order valence-electron chi connectivity index (χ3n) is 0.330. The van der Waals surface area contributed by atoms with Gasteiger partial charge in [-0.2, -0.15) is 0 Å². The quantitative estimate of drug-likeness (QED) is 0.449. The van der Waals surface area contributed by atoms with E-state index in [4.69, 9.17) is 5.11 Å². The minimum absolute atomic E-state index is 1.74. The van der Waals surface area contributed by atoms with Gasteiger partial charge in [-0.1, -0.05) is 0 Å². The normalized spacial score (nSPS) is 16.4. The van der Waals surface area contributed by atoms with Gasteiger partial charge in [-0.25, -0.2) is 0 Å². The Balaban J connectivity index is 4.88. The van der Waals surface area contributed by atoms with Gasteiger partial charge in [0.05, 0.1) is 0 Å². The van der Waals surface area contributed by atoms with E-state index in [0.717, 1.165) is 0 Å². The van der Waals surface area contributed by atoms with Crippen molar-refractivity contribution in [2.24, 2.45) is 0 Å². The SMILES string of the molecule is OC(OF)=S(F)(F)(F)F. The zero-order chi connectivity index (χ0) is 7.73. The van der Waals surface area contributed by atoms with Gasteiger partial charge >= 0.3 is 15.5 Å². The molecule has 0 saturated heterocycles. The van der Waals surface area contributed by atoms with Crippen molar-refractivity contribution in [2.45, 2.75) is 0 Å². The van der Waals surface area contributed by atoms with Gasteiger partial charge in [0.1, 0.15) is 0 Å². The Kier molecular flexibility index (Phi) is 1.84. The molecule has 0 aromatic rings. The van der Waals surface area contributed by atoms with Crippen molar-refractivity contribution in [3.63, 3.8) is 0 Å². The van der Waals surface area contributed by atoms with Gasteiger partial charge in [0.2, 0.25) is 0 Å². The van der Waals surface area contributed by atoms with Crippen LogP contribution in [0, 0.1) is 0 Å². The van der Waals surface area contributed by atoms with Crippen LogP contribution in [0.5, 0.6) is 0 Å². The summed E-state index contributed by atoms with van der Waals surface area (Å²) in [6.45, 7) is 0. The van der Waals surface area contributed by atoms with Gasteiger partial charge in [-0.05, 0) is 4.53 Å². The minimum Gasteiger partial charge on any atom is -0.328 e. The molecule has 9 heavy (non-hydrogen) atoms. The molecule has 0 aromatic heterocycles. The molecular formula is CHF5O2S. The molecule has 0 aromatic carbocycles. The van der Waals surface area contributed by atoms with E-state index in [0.29, 0.717) is 0 Å². The molecular weight excluding hydrogens is 171 g/mol. The molecule has 0 aliphatic carbocycles. The molecule has 8 heteroatoms. The van der Waals surface area contributed by atoms with Gasteiger partial charge < -0.3 is 5.11 Å². The largest absolute Gasteiger partial charge is 0.340 e. The highest BCUT2D eigenvalue weighted by molar-refractivity contribution is 8.31. The molecule has 0 heterocycles. The minimum atomic E-state index is -8.11. The molecule has 0 bridgehead atoms. The van der Waals surface area contributed by atoms with E-state index in [1.807, 2.05) is 0 Å². The summed E-state index contributed by atoms with van der Waals surface area (Å²) in [6, 6.07) is 0. The van der Waals surface area contributed by atoms with E-state index in [2.05, 4.69) is 0 Å². The highest BCUT2D eigenvalue weighted by atomic mass is 32.4. The van der Waals surface area contributed by atoms with E-state index in [-0.39, 0.29) is 0 Å². The van der Waals surface area contributed by atoms with Crippen molar-refractivity contribution in [3.8, 4) is 0 Å². The maximum atomic E-state index is 10.9.